The summed E-state index contributed by atoms with van der Waals surface area (Å²) in [5, 5.41) is 0. The molecule has 1 aromatic carbocycles. The molecule has 0 atom stereocenters. The molecule has 6 nitrogen and oxygen atoms in total. The highest BCUT2D eigenvalue weighted by atomic mass is 32.2. The Kier molecular flexibility index (Phi) is 3.77. The lowest BCUT2D eigenvalue weighted by Gasteiger charge is -2.06. The SMILES string of the molecule is CS(=O)(=O)OCc1cnc(-c2ccccc2)nc1N. The maximum Gasteiger partial charge on any atom is 0.264 e. The molecule has 0 aliphatic carbocycles. The minimum Gasteiger partial charge on any atom is -0.383 e. The van der Waals surface area contributed by atoms with E-state index in [0.29, 0.717) is 11.4 Å². The Morgan fingerprint density at radius 2 is 1.95 bits per heavy atom. The van der Waals surface area contributed by atoms with E-state index in [4.69, 9.17) is 5.73 Å². The Morgan fingerprint density at radius 3 is 2.53 bits per heavy atom. The molecule has 0 bridgehead atoms. The van der Waals surface area contributed by atoms with Gasteiger partial charge in [0.25, 0.3) is 10.1 Å². The quantitative estimate of drug-likeness (QED) is 0.845. The number of nitrogens with two attached hydrogens (primary N) is 1. The summed E-state index contributed by atoms with van der Waals surface area (Å²) in [6.07, 6.45) is 2.44. The molecule has 0 aliphatic rings. The number of benzene rings is 1. The summed E-state index contributed by atoms with van der Waals surface area (Å²) in [4.78, 5) is 8.28. The highest BCUT2D eigenvalue weighted by molar-refractivity contribution is 7.85. The number of hydrogen-bond donors (Lipinski definition) is 1. The Bertz CT molecular complexity index is 672. The molecule has 0 radical (unpaired) electrons. The Balaban J connectivity index is 2.23. The molecule has 0 spiro atoms. The van der Waals surface area contributed by atoms with Crippen molar-refractivity contribution in [3.05, 3.63) is 42.1 Å². The van der Waals surface area contributed by atoms with Gasteiger partial charge in [-0.15, -0.1) is 0 Å². The second-order valence-corrected chi connectivity index (χ2v) is 5.58. The topological polar surface area (TPSA) is 95.2 Å². The Hall–Kier alpha value is -1.99. The number of aromatic nitrogens is 2. The van der Waals surface area contributed by atoms with E-state index in [1.54, 1.807) is 0 Å². The summed E-state index contributed by atoms with van der Waals surface area (Å²) in [6.45, 7) is -0.167. The largest absolute Gasteiger partial charge is 0.383 e. The molecule has 100 valence electrons. The van der Waals surface area contributed by atoms with Crippen LogP contribution in [0.3, 0.4) is 0 Å². The molecule has 2 rings (SSSR count). The van der Waals surface area contributed by atoms with Crippen LogP contribution in [0.5, 0.6) is 0 Å². The summed E-state index contributed by atoms with van der Waals surface area (Å²) in [5.41, 5.74) is 7.04. The van der Waals surface area contributed by atoms with Gasteiger partial charge in [-0.25, -0.2) is 9.97 Å². The molecule has 0 saturated carbocycles. The predicted molar refractivity (Wildman–Crippen MR) is 71.5 cm³/mol. The van der Waals surface area contributed by atoms with E-state index >= 15 is 0 Å². The normalized spacial score (nSPS) is 11.4. The standard InChI is InChI=1S/C12H13N3O3S/c1-19(16,17)18-8-10-7-14-12(15-11(10)13)9-5-3-2-4-6-9/h2-7H,8H2,1H3,(H2,13,14,15). The molecule has 0 fully saturated rings. The molecular formula is C12H13N3O3S. The van der Waals surface area contributed by atoms with Gasteiger partial charge in [-0.1, -0.05) is 30.3 Å². The monoisotopic (exact) mass is 279 g/mol. The van der Waals surface area contributed by atoms with Crippen LogP contribution in [0.4, 0.5) is 5.82 Å². The fourth-order valence-corrected chi connectivity index (χ4v) is 1.77. The van der Waals surface area contributed by atoms with Gasteiger partial charge in [-0.2, -0.15) is 8.42 Å². The maximum absolute atomic E-state index is 10.9. The van der Waals surface area contributed by atoms with Gasteiger partial charge in [0.05, 0.1) is 12.9 Å². The third-order valence-corrected chi connectivity index (χ3v) is 2.90. The third-order valence-electron chi connectivity index (χ3n) is 2.36. The van der Waals surface area contributed by atoms with Crippen LogP contribution in [0.1, 0.15) is 5.56 Å². The average molecular weight is 279 g/mol. The van der Waals surface area contributed by atoms with Crippen molar-refractivity contribution in [2.24, 2.45) is 0 Å². The van der Waals surface area contributed by atoms with Gasteiger partial charge >= 0.3 is 0 Å². The summed E-state index contributed by atoms with van der Waals surface area (Å²) in [6, 6.07) is 9.36. The molecule has 1 aromatic heterocycles. The van der Waals surface area contributed by atoms with E-state index in [2.05, 4.69) is 14.2 Å². The zero-order valence-corrected chi connectivity index (χ0v) is 11.1. The van der Waals surface area contributed by atoms with Gasteiger partial charge in [0.1, 0.15) is 5.82 Å². The van der Waals surface area contributed by atoms with Crippen LogP contribution in [0, 0.1) is 0 Å². The van der Waals surface area contributed by atoms with Crippen LogP contribution in [0.15, 0.2) is 36.5 Å². The number of hydrogen-bond acceptors (Lipinski definition) is 6. The molecule has 2 aromatic rings. The van der Waals surface area contributed by atoms with Crippen molar-refractivity contribution in [1.29, 1.82) is 0 Å². The highest BCUT2D eigenvalue weighted by Gasteiger charge is 2.09. The lowest BCUT2D eigenvalue weighted by molar-refractivity contribution is 0.311. The van der Waals surface area contributed by atoms with Gasteiger partial charge in [0.15, 0.2) is 5.82 Å². The predicted octanol–water partition coefficient (Wildman–Crippen LogP) is 1.20. The van der Waals surface area contributed by atoms with E-state index in [1.165, 1.54) is 6.20 Å². The molecule has 7 heteroatoms. The van der Waals surface area contributed by atoms with Gasteiger partial charge in [-0.05, 0) is 0 Å². The second-order valence-electron chi connectivity index (χ2n) is 3.94. The first-order chi connectivity index (χ1) is 8.96. The number of rotatable bonds is 4. The lowest BCUT2D eigenvalue weighted by Crippen LogP contribution is -2.07. The van der Waals surface area contributed by atoms with Crippen LogP contribution >= 0.6 is 0 Å². The first-order valence-corrected chi connectivity index (χ1v) is 7.28. The van der Waals surface area contributed by atoms with Crippen molar-refractivity contribution in [3.63, 3.8) is 0 Å². The molecule has 1 heterocycles. The molecular weight excluding hydrogens is 266 g/mol. The zero-order chi connectivity index (χ0) is 13.9. The highest BCUT2D eigenvalue weighted by Crippen LogP contribution is 2.17. The van der Waals surface area contributed by atoms with Crippen LogP contribution in [-0.4, -0.2) is 24.6 Å². The summed E-state index contributed by atoms with van der Waals surface area (Å²) in [5.74, 6) is 0.693. The van der Waals surface area contributed by atoms with Crippen LogP contribution < -0.4 is 5.73 Å². The smallest absolute Gasteiger partial charge is 0.264 e. The molecule has 2 N–H and O–H groups in total. The van der Waals surface area contributed by atoms with E-state index in [9.17, 15) is 8.42 Å². The average Bonchev–Trinajstić information content (AvgIpc) is 2.37. The van der Waals surface area contributed by atoms with Gasteiger partial charge in [-0.3, -0.25) is 4.18 Å². The van der Waals surface area contributed by atoms with Crippen LogP contribution in [-0.2, 0) is 20.9 Å². The van der Waals surface area contributed by atoms with Crippen molar-refractivity contribution in [2.45, 2.75) is 6.61 Å². The van der Waals surface area contributed by atoms with Crippen molar-refractivity contribution in [3.8, 4) is 11.4 Å². The first kappa shape index (κ1) is 13.4. The first-order valence-electron chi connectivity index (χ1n) is 5.47. The maximum atomic E-state index is 10.9. The zero-order valence-electron chi connectivity index (χ0n) is 10.3. The number of nitrogen functional groups attached to an aromatic ring is 1. The van der Waals surface area contributed by atoms with Crippen LogP contribution in [0.2, 0.25) is 0 Å². The van der Waals surface area contributed by atoms with E-state index in [1.807, 2.05) is 30.3 Å². The molecule has 0 aliphatic heterocycles. The van der Waals surface area contributed by atoms with Crippen molar-refractivity contribution in [1.82, 2.24) is 9.97 Å². The Labute approximate surface area is 111 Å². The molecule has 19 heavy (non-hydrogen) atoms. The molecule has 0 unspecified atom stereocenters. The number of nitrogens with zero attached hydrogens (tertiary/aromatic N) is 2. The van der Waals surface area contributed by atoms with Crippen molar-refractivity contribution >= 4 is 15.9 Å². The minimum absolute atomic E-state index is 0.167. The van der Waals surface area contributed by atoms with E-state index in [0.717, 1.165) is 11.8 Å². The van der Waals surface area contributed by atoms with Gasteiger partial charge < -0.3 is 5.73 Å². The third kappa shape index (κ3) is 3.73. The Morgan fingerprint density at radius 1 is 1.26 bits per heavy atom. The molecule has 0 amide bonds. The summed E-state index contributed by atoms with van der Waals surface area (Å²) >= 11 is 0. The summed E-state index contributed by atoms with van der Waals surface area (Å²) in [7, 11) is -3.51. The van der Waals surface area contributed by atoms with E-state index < -0.39 is 10.1 Å². The van der Waals surface area contributed by atoms with Crippen molar-refractivity contribution in [2.75, 3.05) is 12.0 Å². The minimum atomic E-state index is -3.51. The lowest BCUT2D eigenvalue weighted by atomic mass is 10.2. The van der Waals surface area contributed by atoms with Gasteiger partial charge in [0, 0.05) is 17.3 Å². The summed E-state index contributed by atoms with van der Waals surface area (Å²) < 4.78 is 26.5. The van der Waals surface area contributed by atoms with E-state index in [-0.39, 0.29) is 12.4 Å². The van der Waals surface area contributed by atoms with Gasteiger partial charge in [0.2, 0.25) is 0 Å². The fourth-order valence-electron chi connectivity index (χ4n) is 1.43. The fraction of sp³-hybridized carbons (Fsp3) is 0.167. The number of anilines is 1. The molecule has 0 saturated heterocycles. The second kappa shape index (κ2) is 5.33. The van der Waals surface area contributed by atoms with Crippen LogP contribution in [0.25, 0.3) is 11.4 Å². The van der Waals surface area contributed by atoms with Crippen molar-refractivity contribution < 1.29 is 12.6 Å².